The summed E-state index contributed by atoms with van der Waals surface area (Å²) in [7, 11) is 0. The summed E-state index contributed by atoms with van der Waals surface area (Å²) in [4.78, 5) is 11.3. The van der Waals surface area contributed by atoms with Gasteiger partial charge in [0.15, 0.2) is 11.5 Å². The number of halogens is 1. The van der Waals surface area contributed by atoms with E-state index in [2.05, 4.69) is 21.2 Å². The minimum atomic E-state index is -0.810. The maximum Gasteiger partial charge on any atom is 0.321 e. The molecule has 2 atom stereocenters. The molecule has 0 amide bonds. The number of benzene rings is 1. The van der Waals surface area contributed by atoms with Crippen molar-refractivity contribution in [1.82, 2.24) is 5.32 Å². The van der Waals surface area contributed by atoms with Gasteiger partial charge < -0.3 is 19.9 Å². The van der Waals surface area contributed by atoms with Gasteiger partial charge in [0.05, 0.1) is 17.7 Å². The summed E-state index contributed by atoms with van der Waals surface area (Å²) in [5.74, 6) is 0.559. The fourth-order valence-electron chi connectivity index (χ4n) is 2.79. The summed E-state index contributed by atoms with van der Waals surface area (Å²) >= 11 is 3.50. The molecule has 108 valence electrons. The Balaban J connectivity index is 1.96. The van der Waals surface area contributed by atoms with Crippen LogP contribution in [0.1, 0.15) is 24.3 Å². The first-order chi connectivity index (χ1) is 9.66. The number of ether oxygens (including phenoxy) is 2. The van der Waals surface area contributed by atoms with Crippen molar-refractivity contribution in [2.75, 3.05) is 19.8 Å². The number of carbonyl (C=O) groups is 1. The average Bonchev–Trinajstić information content (AvgIpc) is 2.78. The standard InChI is InChI=1S/C14H16BrNO4/c15-10-6-8(9-2-3-16-12(9)14(17)18)7-11-13(10)20-5-1-4-19-11/h6-7,9,12,16H,1-5H2,(H,17,18). The third kappa shape index (κ3) is 2.50. The van der Waals surface area contributed by atoms with E-state index in [4.69, 9.17) is 9.47 Å². The van der Waals surface area contributed by atoms with Gasteiger partial charge in [-0.05, 0) is 46.6 Å². The van der Waals surface area contributed by atoms with Gasteiger partial charge in [-0.15, -0.1) is 0 Å². The first-order valence-electron chi connectivity index (χ1n) is 6.72. The van der Waals surface area contributed by atoms with Crippen molar-refractivity contribution >= 4 is 21.9 Å². The van der Waals surface area contributed by atoms with Gasteiger partial charge in [-0.25, -0.2) is 0 Å². The zero-order valence-electron chi connectivity index (χ0n) is 10.9. The van der Waals surface area contributed by atoms with Gasteiger partial charge in [0.25, 0.3) is 0 Å². The van der Waals surface area contributed by atoms with Gasteiger partial charge in [0, 0.05) is 12.3 Å². The van der Waals surface area contributed by atoms with Crippen LogP contribution in [0.25, 0.3) is 0 Å². The quantitative estimate of drug-likeness (QED) is 0.862. The fourth-order valence-corrected chi connectivity index (χ4v) is 3.36. The molecule has 0 radical (unpaired) electrons. The lowest BCUT2D eigenvalue weighted by molar-refractivity contribution is -0.139. The van der Waals surface area contributed by atoms with Crippen LogP contribution in [-0.4, -0.2) is 36.9 Å². The number of carboxylic acids is 1. The number of rotatable bonds is 2. The van der Waals surface area contributed by atoms with Crippen LogP contribution in [0.3, 0.4) is 0 Å². The van der Waals surface area contributed by atoms with E-state index in [-0.39, 0.29) is 5.92 Å². The third-order valence-electron chi connectivity index (χ3n) is 3.74. The van der Waals surface area contributed by atoms with Crippen LogP contribution in [0.15, 0.2) is 16.6 Å². The Morgan fingerprint density at radius 3 is 2.95 bits per heavy atom. The molecule has 1 saturated heterocycles. The predicted octanol–water partition coefficient (Wildman–Crippen LogP) is 2.14. The smallest absolute Gasteiger partial charge is 0.321 e. The first kappa shape index (κ1) is 13.7. The number of nitrogens with one attached hydrogen (secondary N) is 1. The lowest BCUT2D eigenvalue weighted by atomic mass is 9.91. The largest absolute Gasteiger partial charge is 0.490 e. The number of carboxylic acid groups (broad SMARTS) is 1. The molecule has 3 rings (SSSR count). The normalized spacial score (nSPS) is 25.2. The zero-order valence-corrected chi connectivity index (χ0v) is 12.5. The molecule has 2 unspecified atom stereocenters. The lowest BCUT2D eigenvalue weighted by Gasteiger charge is -2.18. The maximum absolute atomic E-state index is 11.3. The molecular formula is C14H16BrNO4. The Kier molecular flexibility index (Phi) is 3.85. The van der Waals surface area contributed by atoms with E-state index in [0.29, 0.717) is 31.3 Å². The Labute approximate surface area is 125 Å². The highest BCUT2D eigenvalue weighted by atomic mass is 79.9. The van der Waals surface area contributed by atoms with Crippen molar-refractivity contribution in [2.24, 2.45) is 0 Å². The molecule has 5 nitrogen and oxygen atoms in total. The maximum atomic E-state index is 11.3. The molecule has 1 fully saturated rings. The minimum Gasteiger partial charge on any atom is -0.490 e. The van der Waals surface area contributed by atoms with E-state index in [1.165, 1.54) is 0 Å². The van der Waals surface area contributed by atoms with Gasteiger partial charge in [0.1, 0.15) is 6.04 Å². The second-order valence-corrected chi connectivity index (χ2v) is 5.90. The highest BCUT2D eigenvalue weighted by molar-refractivity contribution is 9.10. The van der Waals surface area contributed by atoms with Crippen LogP contribution in [-0.2, 0) is 4.79 Å². The molecule has 1 aromatic rings. The summed E-state index contributed by atoms with van der Waals surface area (Å²) in [6.07, 6.45) is 1.65. The molecular weight excluding hydrogens is 326 g/mol. The minimum absolute atomic E-state index is 0.0408. The zero-order chi connectivity index (χ0) is 14.1. The molecule has 2 aliphatic rings. The molecule has 0 spiro atoms. The number of fused-ring (bicyclic) bond motifs is 1. The van der Waals surface area contributed by atoms with E-state index in [1.54, 1.807) is 0 Å². The number of hydrogen-bond acceptors (Lipinski definition) is 4. The van der Waals surface area contributed by atoms with Crippen molar-refractivity contribution in [2.45, 2.75) is 24.8 Å². The Hall–Kier alpha value is -1.27. The molecule has 20 heavy (non-hydrogen) atoms. The van der Waals surface area contributed by atoms with Crippen LogP contribution < -0.4 is 14.8 Å². The monoisotopic (exact) mass is 341 g/mol. The predicted molar refractivity (Wildman–Crippen MR) is 76.5 cm³/mol. The molecule has 0 bridgehead atoms. The van der Waals surface area contributed by atoms with Gasteiger partial charge >= 0.3 is 5.97 Å². The van der Waals surface area contributed by atoms with Gasteiger partial charge in [-0.3, -0.25) is 4.79 Å². The second kappa shape index (κ2) is 5.61. The summed E-state index contributed by atoms with van der Waals surface area (Å²) in [6, 6.07) is 3.33. The van der Waals surface area contributed by atoms with E-state index in [1.807, 2.05) is 12.1 Å². The summed E-state index contributed by atoms with van der Waals surface area (Å²) < 4.78 is 12.2. The van der Waals surface area contributed by atoms with Crippen molar-refractivity contribution in [3.8, 4) is 11.5 Å². The van der Waals surface area contributed by atoms with E-state index >= 15 is 0 Å². The van der Waals surface area contributed by atoms with Crippen LogP contribution >= 0.6 is 15.9 Å². The molecule has 0 saturated carbocycles. The van der Waals surface area contributed by atoms with Gasteiger partial charge in [0.2, 0.25) is 0 Å². The Morgan fingerprint density at radius 1 is 1.35 bits per heavy atom. The summed E-state index contributed by atoms with van der Waals surface area (Å²) in [6.45, 7) is 1.97. The molecule has 6 heteroatoms. The number of aliphatic carboxylic acids is 1. The average molecular weight is 342 g/mol. The molecule has 2 aliphatic heterocycles. The molecule has 2 N–H and O–H groups in total. The third-order valence-corrected chi connectivity index (χ3v) is 4.33. The van der Waals surface area contributed by atoms with Crippen LogP contribution in [0.2, 0.25) is 0 Å². The van der Waals surface area contributed by atoms with Gasteiger partial charge in [-0.1, -0.05) is 0 Å². The summed E-state index contributed by atoms with van der Waals surface area (Å²) in [5.41, 5.74) is 0.971. The Bertz CT molecular complexity index is 534. The lowest BCUT2D eigenvalue weighted by Crippen LogP contribution is -2.34. The van der Waals surface area contributed by atoms with Crippen molar-refractivity contribution in [1.29, 1.82) is 0 Å². The molecule has 1 aromatic carbocycles. The molecule has 2 heterocycles. The second-order valence-electron chi connectivity index (χ2n) is 5.05. The SMILES string of the molecule is O=C(O)C1NCCC1c1cc(Br)c2c(c1)OCCCO2. The van der Waals surface area contributed by atoms with Crippen molar-refractivity contribution in [3.63, 3.8) is 0 Å². The van der Waals surface area contributed by atoms with Crippen LogP contribution in [0.4, 0.5) is 0 Å². The van der Waals surface area contributed by atoms with Crippen molar-refractivity contribution in [3.05, 3.63) is 22.2 Å². The number of hydrogen-bond donors (Lipinski definition) is 2. The Morgan fingerprint density at radius 2 is 2.15 bits per heavy atom. The van der Waals surface area contributed by atoms with Crippen molar-refractivity contribution < 1.29 is 19.4 Å². The molecule has 0 aliphatic carbocycles. The van der Waals surface area contributed by atoms with E-state index < -0.39 is 12.0 Å². The molecule has 0 aromatic heterocycles. The van der Waals surface area contributed by atoms with E-state index in [9.17, 15) is 9.90 Å². The van der Waals surface area contributed by atoms with Gasteiger partial charge in [-0.2, -0.15) is 0 Å². The fraction of sp³-hybridized carbons (Fsp3) is 0.500. The van der Waals surface area contributed by atoms with E-state index in [0.717, 1.165) is 22.9 Å². The topological polar surface area (TPSA) is 67.8 Å². The highest BCUT2D eigenvalue weighted by Crippen LogP contribution is 2.41. The van der Waals surface area contributed by atoms with Crippen LogP contribution in [0.5, 0.6) is 11.5 Å². The first-order valence-corrected chi connectivity index (χ1v) is 7.51. The summed E-state index contributed by atoms with van der Waals surface area (Å²) in [5, 5.41) is 12.3. The highest BCUT2D eigenvalue weighted by Gasteiger charge is 2.34. The van der Waals surface area contributed by atoms with Crippen LogP contribution in [0, 0.1) is 0 Å².